The summed E-state index contributed by atoms with van der Waals surface area (Å²) in [5.41, 5.74) is 1.01. The second-order valence-corrected chi connectivity index (χ2v) is 4.63. The zero-order valence-electron chi connectivity index (χ0n) is 9.75. The Hall–Kier alpha value is -0.530. The van der Waals surface area contributed by atoms with Gasteiger partial charge in [0.15, 0.2) is 0 Å². The number of oxime groups is 1. The number of rotatable bonds is 4. The maximum absolute atomic E-state index is 5.29. The van der Waals surface area contributed by atoms with Gasteiger partial charge in [-0.1, -0.05) is 31.3 Å². The molecular weight excluding hydrogens is 174 g/mol. The third-order valence-electron chi connectivity index (χ3n) is 3.10. The molecule has 1 fully saturated rings. The van der Waals surface area contributed by atoms with Crippen molar-refractivity contribution in [3.05, 3.63) is 0 Å². The van der Waals surface area contributed by atoms with E-state index in [9.17, 15) is 0 Å². The zero-order valence-corrected chi connectivity index (χ0v) is 9.75. The van der Waals surface area contributed by atoms with Crippen molar-refractivity contribution >= 4 is 5.71 Å². The van der Waals surface area contributed by atoms with Gasteiger partial charge in [-0.15, -0.1) is 0 Å². The van der Waals surface area contributed by atoms with E-state index in [2.05, 4.69) is 12.1 Å². The van der Waals surface area contributed by atoms with Gasteiger partial charge in [-0.05, 0) is 38.5 Å². The van der Waals surface area contributed by atoms with Crippen molar-refractivity contribution < 1.29 is 4.84 Å². The van der Waals surface area contributed by atoms with E-state index in [-0.39, 0.29) is 0 Å². The molecule has 2 nitrogen and oxygen atoms in total. The highest BCUT2D eigenvalue weighted by molar-refractivity contribution is 5.78. The highest BCUT2D eigenvalue weighted by atomic mass is 16.6. The van der Waals surface area contributed by atoms with Crippen LogP contribution in [0.3, 0.4) is 0 Å². The van der Waals surface area contributed by atoms with Gasteiger partial charge in [0.05, 0.1) is 5.71 Å². The minimum absolute atomic E-state index is 0.751. The minimum Gasteiger partial charge on any atom is -0.396 e. The summed E-state index contributed by atoms with van der Waals surface area (Å²) in [7, 11) is 0. The maximum Gasteiger partial charge on any atom is 0.120 e. The highest BCUT2D eigenvalue weighted by Crippen LogP contribution is 2.30. The van der Waals surface area contributed by atoms with Crippen molar-refractivity contribution in [2.24, 2.45) is 17.0 Å². The highest BCUT2D eigenvalue weighted by Gasteiger charge is 2.20. The van der Waals surface area contributed by atoms with Crippen LogP contribution in [-0.2, 0) is 4.84 Å². The van der Waals surface area contributed by atoms with Gasteiger partial charge in [0.25, 0.3) is 0 Å². The molecule has 0 unspecified atom stereocenters. The quantitative estimate of drug-likeness (QED) is 0.498. The third kappa shape index (κ3) is 4.12. The summed E-state index contributed by atoms with van der Waals surface area (Å²) >= 11 is 0. The van der Waals surface area contributed by atoms with Gasteiger partial charge in [0.2, 0.25) is 0 Å². The zero-order chi connectivity index (χ0) is 10.4. The Bertz CT molecular complexity index is 177. The molecule has 0 N–H and O–H groups in total. The molecule has 0 heterocycles. The summed E-state index contributed by atoms with van der Waals surface area (Å²) in [4.78, 5) is 5.29. The van der Waals surface area contributed by atoms with Gasteiger partial charge in [0, 0.05) is 0 Å². The first-order valence-corrected chi connectivity index (χ1v) is 5.85. The Morgan fingerprint density at radius 2 is 1.71 bits per heavy atom. The van der Waals surface area contributed by atoms with E-state index in [0.717, 1.165) is 24.2 Å². The first-order chi connectivity index (χ1) is 6.72. The standard InChI is InChI=1S/C12H23NO/c1-4-11-5-7-12(8-6-11)9-14-13-10(2)3/h11-12H,4-9H2,1-3H3. The third-order valence-corrected chi connectivity index (χ3v) is 3.10. The number of hydrogen-bond donors (Lipinski definition) is 0. The lowest BCUT2D eigenvalue weighted by atomic mass is 9.81. The Balaban J connectivity index is 2.13. The van der Waals surface area contributed by atoms with E-state index in [0.29, 0.717) is 0 Å². The normalized spacial score (nSPS) is 27.1. The predicted octanol–water partition coefficient (Wildman–Crippen LogP) is 3.62. The molecule has 0 aromatic rings. The van der Waals surface area contributed by atoms with Crippen LogP contribution < -0.4 is 0 Å². The van der Waals surface area contributed by atoms with Crippen molar-refractivity contribution in [2.75, 3.05) is 6.61 Å². The molecule has 1 rings (SSSR count). The van der Waals surface area contributed by atoms with Crippen LogP contribution in [0.25, 0.3) is 0 Å². The average Bonchev–Trinajstić information content (AvgIpc) is 2.18. The molecule has 0 aliphatic heterocycles. The fourth-order valence-corrected chi connectivity index (χ4v) is 2.08. The average molecular weight is 197 g/mol. The lowest BCUT2D eigenvalue weighted by Gasteiger charge is -2.26. The largest absolute Gasteiger partial charge is 0.396 e. The van der Waals surface area contributed by atoms with Gasteiger partial charge in [0.1, 0.15) is 6.61 Å². The Morgan fingerprint density at radius 3 is 2.21 bits per heavy atom. The van der Waals surface area contributed by atoms with Crippen molar-refractivity contribution in [1.29, 1.82) is 0 Å². The lowest BCUT2D eigenvalue weighted by Crippen LogP contribution is -2.17. The van der Waals surface area contributed by atoms with E-state index in [1.165, 1.54) is 32.1 Å². The molecule has 0 spiro atoms. The maximum atomic E-state index is 5.29. The number of hydrogen-bond acceptors (Lipinski definition) is 2. The number of nitrogens with zero attached hydrogens (tertiary/aromatic N) is 1. The molecule has 1 saturated carbocycles. The second kappa shape index (κ2) is 6.05. The second-order valence-electron chi connectivity index (χ2n) is 4.63. The van der Waals surface area contributed by atoms with Gasteiger partial charge in [-0.2, -0.15) is 0 Å². The van der Waals surface area contributed by atoms with E-state index < -0.39 is 0 Å². The molecule has 2 heteroatoms. The first kappa shape index (κ1) is 11.5. The molecule has 0 saturated heterocycles. The first-order valence-electron chi connectivity index (χ1n) is 5.85. The van der Waals surface area contributed by atoms with E-state index in [1.54, 1.807) is 0 Å². The van der Waals surface area contributed by atoms with Crippen molar-refractivity contribution in [1.82, 2.24) is 0 Å². The SMILES string of the molecule is CCC1CCC(CON=C(C)C)CC1. The summed E-state index contributed by atoms with van der Waals surface area (Å²) in [6.45, 7) is 7.05. The Kier molecular flexibility index (Phi) is 4.99. The van der Waals surface area contributed by atoms with E-state index in [1.807, 2.05) is 13.8 Å². The molecule has 0 atom stereocenters. The van der Waals surface area contributed by atoms with Crippen LogP contribution in [0.2, 0.25) is 0 Å². The fourth-order valence-electron chi connectivity index (χ4n) is 2.08. The summed E-state index contributed by atoms with van der Waals surface area (Å²) in [5.74, 6) is 1.73. The molecule has 0 aromatic heterocycles. The van der Waals surface area contributed by atoms with Gasteiger partial charge < -0.3 is 4.84 Å². The van der Waals surface area contributed by atoms with E-state index in [4.69, 9.17) is 4.84 Å². The van der Waals surface area contributed by atoms with Crippen LogP contribution in [0.4, 0.5) is 0 Å². The predicted molar refractivity (Wildman–Crippen MR) is 60.5 cm³/mol. The topological polar surface area (TPSA) is 21.6 Å². The summed E-state index contributed by atoms with van der Waals surface area (Å²) < 4.78 is 0. The monoisotopic (exact) mass is 197 g/mol. The summed E-state index contributed by atoms with van der Waals surface area (Å²) in [6, 6.07) is 0. The molecule has 1 aliphatic carbocycles. The molecule has 82 valence electrons. The van der Waals surface area contributed by atoms with Crippen LogP contribution >= 0.6 is 0 Å². The van der Waals surface area contributed by atoms with E-state index >= 15 is 0 Å². The molecule has 0 radical (unpaired) electrons. The van der Waals surface area contributed by atoms with Gasteiger partial charge in [-0.3, -0.25) is 0 Å². The molecule has 1 aliphatic rings. The summed E-state index contributed by atoms with van der Waals surface area (Å²) in [5, 5.41) is 3.97. The van der Waals surface area contributed by atoms with Crippen LogP contribution in [0.15, 0.2) is 5.16 Å². The molecule has 0 aromatic carbocycles. The molecular formula is C12H23NO. The molecule has 0 amide bonds. The van der Waals surface area contributed by atoms with Crippen LogP contribution in [0.1, 0.15) is 52.9 Å². The summed E-state index contributed by atoms with van der Waals surface area (Å²) in [6.07, 6.45) is 6.78. The van der Waals surface area contributed by atoms with Crippen LogP contribution in [-0.4, -0.2) is 12.3 Å². The molecule has 14 heavy (non-hydrogen) atoms. The smallest absolute Gasteiger partial charge is 0.120 e. The van der Waals surface area contributed by atoms with Gasteiger partial charge >= 0.3 is 0 Å². The lowest BCUT2D eigenvalue weighted by molar-refractivity contribution is 0.0828. The van der Waals surface area contributed by atoms with Crippen molar-refractivity contribution in [3.8, 4) is 0 Å². The Morgan fingerprint density at radius 1 is 1.14 bits per heavy atom. The van der Waals surface area contributed by atoms with Crippen molar-refractivity contribution in [3.63, 3.8) is 0 Å². The molecule has 0 bridgehead atoms. The van der Waals surface area contributed by atoms with Crippen LogP contribution in [0.5, 0.6) is 0 Å². The Labute approximate surface area is 87.7 Å². The van der Waals surface area contributed by atoms with Crippen LogP contribution in [0, 0.1) is 11.8 Å². The van der Waals surface area contributed by atoms with Crippen molar-refractivity contribution in [2.45, 2.75) is 52.9 Å². The van der Waals surface area contributed by atoms with Gasteiger partial charge in [-0.25, -0.2) is 0 Å². The minimum atomic E-state index is 0.751. The fraction of sp³-hybridized carbons (Fsp3) is 0.917.